The second kappa shape index (κ2) is 6.34. The van der Waals surface area contributed by atoms with E-state index in [4.69, 9.17) is 4.98 Å². The number of nitrogens with one attached hydrogen (secondary N) is 1. The fourth-order valence-electron chi connectivity index (χ4n) is 4.03. The highest BCUT2D eigenvalue weighted by atomic mass is 19.1. The van der Waals surface area contributed by atoms with Crippen molar-refractivity contribution >= 4 is 23.2 Å². The van der Waals surface area contributed by atoms with Gasteiger partial charge in [-0.2, -0.15) is 0 Å². The number of rotatable bonds is 3. The molecule has 5 rings (SSSR count). The minimum atomic E-state index is -0.316. The standard InChI is InChI=1S/C22H20FN5O/c1-13-8-20(27-21(25-13)15-4-3-5-16(23)9-15)28-12-22(6-7-22)17-11-24-19(10-18(17)28)26-14(2)29/h3-5,8-11H,6-7,12H2,1-2H3,(H,24,26,29). The lowest BCUT2D eigenvalue weighted by atomic mass is 10.0. The number of aromatic nitrogens is 3. The Morgan fingerprint density at radius 1 is 1.21 bits per heavy atom. The number of nitrogens with zero attached hydrogens (tertiary/aromatic N) is 4. The summed E-state index contributed by atoms with van der Waals surface area (Å²) < 4.78 is 13.7. The maximum atomic E-state index is 13.7. The molecular weight excluding hydrogens is 369 g/mol. The second-order valence-corrected chi connectivity index (χ2v) is 7.84. The molecule has 29 heavy (non-hydrogen) atoms. The Morgan fingerprint density at radius 3 is 2.76 bits per heavy atom. The summed E-state index contributed by atoms with van der Waals surface area (Å²) in [5.41, 5.74) is 3.75. The Hall–Kier alpha value is -3.35. The maximum absolute atomic E-state index is 13.7. The summed E-state index contributed by atoms with van der Waals surface area (Å²) in [6.07, 6.45) is 4.09. The largest absolute Gasteiger partial charge is 0.325 e. The molecule has 1 saturated carbocycles. The molecule has 1 spiro atoms. The molecule has 0 bridgehead atoms. The van der Waals surface area contributed by atoms with E-state index in [9.17, 15) is 9.18 Å². The van der Waals surface area contributed by atoms with Gasteiger partial charge in [-0.3, -0.25) is 4.79 Å². The molecule has 0 atom stereocenters. The highest BCUT2D eigenvalue weighted by Crippen LogP contribution is 2.58. The van der Waals surface area contributed by atoms with Gasteiger partial charge in [0, 0.05) is 54.0 Å². The Labute approximate surface area is 167 Å². The fourth-order valence-corrected chi connectivity index (χ4v) is 4.03. The van der Waals surface area contributed by atoms with Crippen LogP contribution in [0.15, 0.2) is 42.6 Å². The monoisotopic (exact) mass is 389 g/mol. The zero-order valence-corrected chi connectivity index (χ0v) is 16.2. The number of halogens is 1. The van der Waals surface area contributed by atoms with Crippen molar-refractivity contribution in [2.75, 3.05) is 16.8 Å². The van der Waals surface area contributed by atoms with Crippen LogP contribution >= 0.6 is 0 Å². The van der Waals surface area contributed by atoms with Crippen LogP contribution in [-0.4, -0.2) is 27.4 Å². The van der Waals surface area contributed by atoms with Gasteiger partial charge in [0.2, 0.25) is 5.91 Å². The lowest BCUT2D eigenvalue weighted by Crippen LogP contribution is -2.20. The van der Waals surface area contributed by atoms with Crippen LogP contribution in [0.25, 0.3) is 11.4 Å². The number of hydrogen-bond donors (Lipinski definition) is 1. The van der Waals surface area contributed by atoms with E-state index in [1.165, 1.54) is 24.6 Å². The van der Waals surface area contributed by atoms with Crippen molar-refractivity contribution in [3.05, 3.63) is 59.7 Å². The SMILES string of the molecule is CC(=O)Nc1cc2c(cn1)C1(CC1)CN2c1cc(C)nc(-c2cccc(F)c2)n1. The molecule has 0 saturated heterocycles. The average molecular weight is 389 g/mol. The summed E-state index contributed by atoms with van der Waals surface area (Å²) in [6, 6.07) is 10.2. The van der Waals surface area contributed by atoms with Gasteiger partial charge in [-0.05, 0) is 31.9 Å². The number of carbonyl (C=O) groups excluding carboxylic acids is 1. The van der Waals surface area contributed by atoms with E-state index in [2.05, 4.69) is 20.2 Å². The Morgan fingerprint density at radius 2 is 2.03 bits per heavy atom. The third kappa shape index (κ3) is 3.12. The van der Waals surface area contributed by atoms with E-state index >= 15 is 0 Å². The summed E-state index contributed by atoms with van der Waals surface area (Å²) in [5, 5.41) is 2.76. The summed E-state index contributed by atoms with van der Waals surface area (Å²) in [5.74, 6) is 1.31. The van der Waals surface area contributed by atoms with Crippen molar-refractivity contribution in [3.63, 3.8) is 0 Å². The van der Waals surface area contributed by atoms with Gasteiger partial charge in [-0.1, -0.05) is 12.1 Å². The van der Waals surface area contributed by atoms with Crippen LogP contribution in [0.3, 0.4) is 0 Å². The Balaban J connectivity index is 1.60. The van der Waals surface area contributed by atoms with Crippen LogP contribution in [0.1, 0.15) is 31.0 Å². The number of carbonyl (C=O) groups is 1. The minimum Gasteiger partial charge on any atom is -0.325 e. The normalized spacial score (nSPS) is 16.0. The molecule has 3 heterocycles. The van der Waals surface area contributed by atoms with E-state index in [1.807, 2.05) is 25.3 Å². The molecule has 2 aromatic heterocycles. The highest BCUT2D eigenvalue weighted by molar-refractivity contribution is 5.89. The van der Waals surface area contributed by atoms with E-state index in [-0.39, 0.29) is 17.1 Å². The lowest BCUT2D eigenvalue weighted by Gasteiger charge is -2.20. The van der Waals surface area contributed by atoms with Crippen LogP contribution < -0.4 is 10.2 Å². The van der Waals surface area contributed by atoms with Gasteiger partial charge in [0.1, 0.15) is 17.5 Å². The number of benzene rings is 1. The first-order chi connectivity index (χ1) is 13.9. The van der Waals surface area contributed by atoms with Crippen LogP contribution in [0, 0.1) is 12.7 Å². The Bertz CT molecular complexity index is 1140. The highest BCUT2D eigenvalue weighted by Gasteiger charge is 2.52. The molecule has 3 aromatic rings. The van der Waals surface area contributed by atoms with Gasteiger partial charge in [0.15, 0.2) is 5.82 Å². The average Bonchev–Trinajstić information content (AvgIpc) is 3.38. The quantitative estimate of drug-likeness (QED) is 0.729. The molecular formula is C22H20FN5O. The number of anilines is 3. The zero-order chi connectivity index (χ0) is 20.2. The van der Waals surface area contributed by atoms with Crippen molar-refractivity contribution in [3.8, 4) is 11.4 Å². The van der Waals surface area contributed by atoms with Crippen molar-refractivity contribution in [2.24, 2.45) is 0 Å². The first-order valence-corrected chi connectivity index (χ1v) is 9.61. The van der Waals surface area contributed by atoms with Crippen molar-refractivity contribution in [2.45, 2.75) is 32.1 Å². The summed E-state index contributed by atoms with van der Waals surface area (Å²) in [4.78, 5) is 27.3. The molecule has 146 valence electrons. The molecule has 2 aliphatic rings. The predicted molar refractivity (Wildman–Crippen MR) is 109 cm³/mol. The van der Waals surface area contributed by atoms with E-state index in [0.29, 0.717) is 17.2 Å². The molecule has 1 N–H and O–H groups in total. The van der Waals surface area contributed by atoms with Crippen molar-refractivity contribution < 1.29 is 9.18 Å². The van der Waals surface area contributed by atoms with Crippen LogP contribution in [-0.2, 0) is 10.2 Å². The Kier molecular flexibility index (Phi) is 3.87. The molecule has 0 unspecified atom stereocenters. The maximum Gasteiger partial charge on any atom is 0.222 e. The van der Waals surface area contributed by atoms with E-state index in [0.717, 1.165) is 36.6 Å². The first kappa shape index (κ1) is 17.7. The molecule has 6 nitrogen and oxygen atoms in total. The molecule has 1 amide bonds. The van der Waals surface area contributed by atoms with Gasteiger partial charge < -0.3 is 10.2 Å². The smallest absolute Gasteiger partial charge is 0.222 e. The topological polar surface area (TPSA) is 71.0 Å². The van der Waals surface area contributed by atoms with Gasteiger partial charge in [-0.15, -0.1) is 0 Å². The molecule has 1 aliphatic carbocycles. The number of pyridine rings is 1. The number of amides is 1. The summed E-state index contributed by atoms with van der Waals surface area (Å²) in [6.45, 7) is 4.19. The predicted octanol–water partition coefficient (Wildman–Crippen LogP) is 4.13. The summed E-state index contributed by atoms with van der Waals surface area (Å²) >= 11 is 0. The number of hydrogen-bond acceptors (Lipinski definition) is 5. The van der Waals surface area contributed by atoms with Gasteiger partial charge in [0.05, 0.1) is 5.69 Å². The molecule has 1 aliphatic heterocycles. The van der Waals surface area contributed by atoms with E-state index < -0.39 is 0 Å². The van der Waals surface area contributed by atoms with Crippen molar-refractivity contribution in [1.82, 2.24) is 15.0 Å². The summed E-state index contributed by atoms with van der Waals surface area (Å²) in [7, 11) is 0. The van der Waals surface area contributed by atoms with Crippen LogP contribution in [0.4, 0.5) is 21.7 Å². The van der Waals surface area contributed by atoms with E-state index in [1.54, 1.807) is 12.1 Å². The zero-order valence-electron chi connectivity index (χ0n) is 16.2. The third-order valence-electron chi connectivity index (χ3n) is 5.56. The number of aryl methyl sites for hydroxylation is 1. The van der Waals surface area contributed by atoms with Gasteiger partial charge >= 0.3 is 0 Å². The lowest BCUT2D eigenvalue weighted by molar-refractivity contribution is -0.114. The molecule has 0 radical (unpaired) electrons. The van der Waals surface area contributed by atoms with Gasteiger partial charge in [0.25, 0.3) is 0 Å². The fraction of sp³-hybridized carbons (Fsp3) is 0.273. The minimum absolute atomic E-state index is 0.106. The third-order valence-corrected chi connectivity index (χ3v) is 5.56. The van der Waals surface area contributed by atoms with Crippen molar-refractivity contribution in [1.29, 1.82) is 0 Å². The van der Waals surface area contributed by atoms with Crippen LogP contribution in [0.2, 0.25) is 0 Å². The molecule has 1 fully saturated rings. The van der Waals surface area contributed by atoms with Crippen LogP contribution in [0.5, 0.6) is 0 Å². The first-order valence-electron chi connectivity index (χ1n) is 9.61. The molecule has 1 aromatic carbocycles. The second-order valence-electron chi connectivity index (χ2n) is 7.84. The van der Waals surface area contributed by atoms with Gasteiger partial charge in [-0.25, -0.2) is 19.3 Å². The molecule has 7 heteroatoms. The number of fused-ring (bicyclic) bond motifs is 2.